The molecule has 1 aliphatic rings. The van der Waals surface area contributed by atoms with Gasteiger partial charge in [0.25, 0.3) is 0 Å². The number of hydrogen-bond acceptors (Lipinski definition) is 3. The highest BCUT2D eigenvalue weighted by Gasteiger charge is 2.25. The molecule has 0 spiro atoms. The molecule has 0 saturated heterocycles. The molecule has 132 valence electrons. The van der Waals surface area contributed by atoms with Gasteiger partial charge in [0.1, 0.15) is 5.65 Å². The third-order valence-corrected chi connectivity index (χ3v) is 5.86. The topological polar surface area (TPSA) is 60.6 Å². The van der Waals surface area contributed by atoms with E-state index in [1.165, 1.54) is 42.2 Å². The Bertz CT molecular complexity index is 808. The fourth-order valence-electron chi connectivity index (χ4n) is 4.39. The zero-order chi connectivity index (χ0) is 17.2. The summed E-state index contributed by atoms with van der Waals surface area (Å²) < 4.78 is 0. The highest BCUT2D eigenvalue weighted by molar-refractivity contribution is 5.93. The molecule has 4 rings (SSSR count). The number of H-pyrrole nitrogens is 2. The summed E-state index contributed by atoms with van der Waals surface area (Å²) in [5.41, 5.74) is 4.62. The largest absolute Gasteiger partial charge is 0.346 e. The van der Waals surface area contributed by atoms with E-state index < -0.39 is 0 Å². The molecule has 3 heterocycles. The normalized spacial score (nSPS) is 21.2. The first-order valence-electron chi connectivity index (χ1n) is 9.50. The minimum absolute atomic E-state index is 0.635. The van der Waals surface area contributed by atoms with Crippen molar-refractivity contribution < 1.29 is 0 Å². The van der Waals surface area contributed by atoms with Crippen molar-refractivity contribution in [2.75, 3.05) is 13.1 Å². The first kappa shape index (κ1) is 16.3. The molecule has 3 aromatic heterocycles. The van der Waals surface area contributed by atoms with Gasteiger partial charge in [0.2, 0.25) is 0 Å². The maximum Gasteiger partial charge on any atom is 0.137 e. The Hall–Kier alpha value is -2.14. The molecule has 1 aliphatic carbocycles. The van der Waals surface area contributed by atoms with Gasteiger partial charge in [-0.05, 0) is 56.3 Å². The van der Waals surface area contributed by atoms with Crippen LogP contribution in [-0.2, 0) is 0 Å². The van der Waals surface area contributed by atoms with Gasteiger partial charge in [-0.2, -0.15) is 5.10 Å². The lowest BCUT2D eigenvalue weighted by atomic mass is 9.81. The fraction of sp³-hybridized carbons (Fsp3) is 0.500. The number of pyridine rings is 1. The summed E-state index contributed by atoms with van der Waals surface area (Å²) in [4.78, 5) is 10.6. The van der Waals surface area contributed by atoms with Crippen molar-refractivity contribution in [3.05, 3.63) is 36.4 Å². The first-order valence-corrected chi connectivity index (χ1v) is 9.50. The molecule has 5 nitrogen and oxygen atoms in total. The van der Waals surface area contributed by atoms with Gasteiger partial charge in [-0.15, -0.1) is 0 Å². The zero-order valence-electron chi connectivity index (χ0n) is 15.1. The van der Waals surface area contributed by atoms with Gasteiger partial charge in [-0.1, -0.05) is 13.8 Å². The molecule has 3 aromatic rings. The van der Waals surface area contributed by atoms with Crippen LogP contribution in [-0.4, -0.2) is 44.2 Å². The van der Waals surface area contributed by atoms with E-state index in [0.29, 0.717) is 5.92 Å². The van der Waals surface area contributed by atoms with Gasteiger partial charge in [-0.3, -0.25) is 5.10 Å². The van der Waals surface area contributed by atoms with Gasteiger partial charge in [0.15, 0.2) is 0 Å². The predicted octanol–water partition coefficient (Wildman–Crippen LogP) is 4.32. The molecule has 0 atom stereocenters. The molecule has 0 bridgehead atoms. The Labute approximate surface area is 148 Å². The van der Waals surface area contributed by atoms with Crippen molar-refractivity contribution in [3.8, 4) is 11.1 Å². The van der Waals surface area contributed by atoms with Crippen molar-refractivity contribution in [2.24, 2.45) is 0 Å². The van der Waals surface area contributed by atoms with Crippen molar-refractivity contribution in [3.63, 3.8) is 0 Å². The van der Waals surface area contributed by atoms with Crippen molar-refractivity contribution in [1.29, 1.82) is 0 Å². The van der Waals surface area contributed by atoms with Gasteiger partial charge in [-0.25, -0.2) is 4.98 Å². The van der Waals surface area contributed by atoms with Crippen LogP contribution in [0.25, 0.3) is 22.2 Å². The number of fused-ring (bicyclic) bond motifs is 1. The second-order valence-electron chi connectivity index (χ2n) is 7.08. The molecule has 0 radical (unpaired) electrons. The summed E-state index contributed by atoms with van der Waals surface area (Å²) in [6.07, 6.45) is 13.0. The minimum Gasteiger partial charge on any atom is -0.346 e. The number of nitrogens with one attached hydrogen (secondary N) is 2. The molecule has 0 aromatic carbocycles. The van der Waals surface area contributed by atoms with E-state index in [2.05, 4.69) is 51.2 Å². The number of rotatable bonds is 5. The Balaban J connectivity index is 1.55. The molecule has 0 amide bonds. The van der Waals surface area contributed by atoms with Crippen LogP contribution in [0.5, 0.6) is 0 Å². The smallest absolute Gasteiger partial charge is 0.137 e. The Kier molecular flexibility index (Phi) is 4.57. The highest BCUT2D eigenvalue weighted by atomic mass is 15.1. The van der Waals surface area contributed by atoms with Crippen molar-refractivity contribution in [2.45, 2.75) is 51.5 Å². The number of hydrogen-bond donors (Lipinski definition) is 2. The van der Waals surface area contributed by atoms with Crippen LogP contribution in [0.1, 0.15) is 51.0 Å². The van der Waals surface area contributed by atoms with Crippen LogP contribution in [0.2, 0.25) is 0 Å². The molecule has 1 saturated carbocycles. The minimum atomic E-state index is 0.635. The van der Waals surface area contributed by atoms with Gasteiger partial charge >= 0.3 is 0 Å². The average Bonchev–Trinajstić information content (AvgIpc) is 3.32. The summed E-state index contributed by atoms with van der Waals surface area (Å²) in [6.45, 7) is 6.88. The summed E-state index contributed by atoms with van der Waals surface area (Å²) in [7, 11) is 0. The van der Waals surface area contributed by atoms with Crippen LogP contribution in [0.3, 0.4) is 0 Å². The van der Waals surface area contributed by atoms with E-state index >= 15 is 0 Å². The Morgan fingerprint density at radius 3 is 2.56 bits per heavy atom. The third-order valence-electron chi connectivity index (χ3n) is 5.86. The SMILES string of the molecule is CCN(CC)C1CCC(c2cnc3[nH]cc(-c4cn[nH]c4)c3c2)CC1. The quantitative estimate of drug-likeness (QED) is 0.729. The van der Waals surface area contributed by atoms with Crippen molar-refractivity contribution in [1.82, 2.24) is 25.1 Å². The second-order valence-corrected chi connectivity index (χ2v) is 7.08. The zero-order valence-corrected chi connectivity index (χ0v) is 15.1. The molecular formula is C20H27N5. The Morgan fingerprint density at radius 2 is 1.88 bits per heavy atom. The van der Waals surface area contributed by atoms with E-state index in [4.69, 9.17) is 0 Å². The molecule has 2 N–H and O–H groups in total. The summed E-state index contributed by atoms with van der Waals surface area (Å²) in [6, 6.07) is 3.10. The predicted molar refractivity (Wildman–Crippen MR) is 102 cm³/mol. The lowest BCUT2D eigenvalue weighted by molar-refractivity contribution is 0.164. The summed E-state index contributed by atoms with van der Waals surface area (Å²) >= 11 is 0. The first-order chi connectivity index (χ1) is 12.3. The number of nitrogens with zero attached hydrogens (tertiary/aromatic N) is 3. The Morgan fingerprint density at radius 1 is 1.08 bits per heavy atom. The standard InChI is InChI=1S/C20H27N5/c1-3-25(4-2)17-7-5-14(6-8-17)15-9-18-19(16-11-23-24-12-16)13-22-20(18)21-10-15/h9-14,17H,3-8H2,1-2H3,(H,21,22)(H,23,24). The third kappa shape index (κ3) is 3.09. The number of aromatic nitrogens is 4. The molecule has 1 fully saturated rings. The molecule has 0 aliphatic heterocycles. The fourth-order valence-corrected chi connectivity index (χ4v) is 4.39. The van der Waals surface area contributed by atoms with Gasteiger partial charge < -0.3 is 9.88 Å². The molecule has 25 heavy (non-hydrogen) atoms. The maximum atomic E-state index is 4.68. The number of aromatic amines is 2. The lowest BCUT2D eigenvalue weighted by Gasteiger charge is -2.35. The summed E-state index contributed by atoms with van der Waals surface area (Å²) in [5.74, 6) is 0.635. The lowest BCUT2D eigenvalue weighted by Crippen LogP contribution is -2.37. The van der Waals surface area contributed by atoms with Gasteiger partial charge in [0, 0.05) is 41.1 Å². The molecule has 5 heteroatoms. The van der Waals surface area contributed by atoms with E-state index in [9.17, 15) is 0 Å². The average molecular weight is 337 g/mol. The van der Waals surface area contributed by atoms with Crippen LogP contribution < -0.4 is 0 Å². The monoisotopic (exact) mass is 337 g/mol. The highest BCUT2D eigenvalue weighted by Crippen LogP contribution is 2.36. The van der Waals surface area contributed by atoms with Crippen LogP contribution >= 0.6 is 0 Å². The van der Waals surface area contributed by atoms with E-state index in [1.54, 1.807) is 0 Å². The van der Waals surface area contributed by atoms with E-state index in [1.807, 2.05) is 18.6 Å². The van der Waals surface area contributed by atoms with Crippen LogP contribution in [0, 0.1) is 0 Å². The van der Waals surface area contributed by atoms with Crippen molar-refractivity contribution >= 4 is 11.0 Å². The molecule has 0 unspecified atom stereocenters. The summed E-state index contributed by atoms with van der Waals surface area (Å²) in [5, 5.41) is 8.17. The second kappa shape index (κ2) is 7.00. The van der Waals surface area contributed by atoms with E-state index in [-0.39, 0.29) is 0 Å². The molecular weight excluding hydrogens is 310 g/mol. The van der Waals surface area contributed by atoms with E-state index in [0.717, 1.165) is 30.3 Å². The van der Waals surface area contributed by atoms with Crippen LogP contribution in [0.15, 0.2) is 30.9 Å². The van der Waals surface area contributed by atoms with Crippen LogP contribution in [0.4, 0.5) is 0 Å². The maximum absolute atomic E-state index is 4.68. The van der Waals surface area contributed by atoms with Gasteiger partial charge in [0.05, 0.1) is 6.20 Å².